The Morgan fingerprint density at radius 3 is 1.55 bits per heavy atom. The molecule has 0 saturated heterocycles. The van der Waals surface area contributed by atoms with E-state index < -0.39 is 0 Å². The quantitative estimate of drug-likeness (QED) is 0.118. The van der Waals surface area contributed by atoms with E-state index in [1.54, 1.807) is 0 Å². The molecule has 0 unspecified atom stereocenters. The molecule has 4 heteroatoms. The largest absolute Gasteiger partial charge is 0.456 e. The van der Waals surface area contributed by atoms with Gasteiger partial charge in [0.05, 0.1) is 0 Å². The molecular formula is C51H43N3O. The van der Waals surface area contributed by atoms with Crippen LogP contribution in [0.15, 0.2) is 205 Å². The van der Waals surface area contributed by atoms with Crippen molar-refractivity contribution in [2.75, 3.05) is 0 Å². The zero-order valence-electron chi connectivity index (χ0n) is 30.8. The van der Waals surface area contributed by atoms with Crippen molar-refractivity contribution in [1.82, 2.24) is 0 Å². The Morgan fingerprint density at radius 1 is 0.473 bits per heavy atom. The van der Waals surface area contributed by atoms with Crippen molar-refractivity contribution in [2.24, 2.45) is 11.5 Å². The third kappa shape index (κ3) is 8.63. The summed E-state index contributed by atoms with van der Waals surface area (Å²) in [6.45, 7) is 2.62. The molecule has 268 valence electrons. The number of hydrogen-bond acceptors (Lipinski definition) is 3. The van der Waals surface area contributed by atoms with Crippen LogP contribution in [0.25, 0.3) is 66.4 Å². The van der Waals surface area contributed by atoms with Crippen molar-refractivity contribution < 1.29 is 4.42 Å². The monoisotopic (exact) mass is 713 g/mol. The van der Waals surface area contributed by atoms with Gasteiger partial charge in [-0.3, -0.25) is 5.41 Å². The molecule has 0 aliphatic heterocycles. The van der Waals surface area contributed by atoms with Gasteiger partial charge < -0.3 is 15.9 Å². The van der Waals surface area contributed by atoms with E-state index in [1.165, 1.54) is 38.9 Å². The van der Waals surface area contributed by atoms with E-state index in [0.717, 1.165) is 44.2 Å². The topological polar surface area (TPSA) is 89.0 Å². The van der Waals surface area contributed by atoms with E-state index in [9.17, 15) is 0 Å². The highest BCUT2D eigenvalue weighted by Crippen LogP contribution is 2.40. The lowest BCUT2D eigenvalue weighted by Crippen LogP contribution is -2.10. The highest BCUT2D eigenvalue weighted by Gasteiger charge is 2.15. The van der Waals surface area contributed by atoms with E-state index in [1.807, 2.05) is 48.5 Å². The molecule has 8 aromatic carbocycles. The Morgan fingerprint density at radius 2 is 0.964 bits per heavy atom. The van der Waals surface area contributed by atoms with Crippen LogP contribution in [0.1, 0.15) is 16.7 Å². The number of rotatable bonds is 6. The highest BCUT2D eigenvalue weighted by atomic mass is 16.3. The number of aryl methyl sites for hydroxylation is 1. The first-order chi connectivity index (χ1) is 27.0. The van der Waals surface area contributed by atoms with Gasteiger partial charge >= 0.3 is 0 Å². The normalized spacial score (nSPS) is 10.6. The van der Waals surface area contributed by atoms with Gasteiger partial charge in [0.2, 0.25) is 0 Å². The first-order valence-electron chi connectivity index (χ1n) is 18.4. The van der Waals surface area contributed by atoms with Crippen molar-refractivity contribution in [2.45, 2.75) is 13.5 Å². The summed E-state index contributed by atoms with van der Waals surface area (Å²) in [5.74, 6) is 0.121. The molecule has 0 aliphatic rings. The first kappa shape index (κ1) is 36.4. The lowest BCUT2D eigenvalue weighted by Gasteiger charge is -2.12. The van der Waals surface area contributed by atoms with Crippen molar-refractivity contribution in [3.05, 3.63) is 217 Å². The minimum absolute atomic E-state index is 0.121. The molecule has 0 aliphatic carbocycles. The number of nitrogens with one attached hydrogen (secondary N) is 1. The zero-order chi connectivity index (χ0) is 38.0. The molecule has 55 heavy (non-hydrogen) atoms. The molecule has 0 amide bonds. The predicted octanol–water partition coefficient (Wildman–Crippen LogP) is 12.7. The maximum absolute atomic E-state index is 7.01. The third-order valence-corrected chi connectivity index (χ3v) is 9.56. The third-order valence-electron chi connectivity index (χ3n) is 9.56. The van der Waals surface area contributed by atoms with E-state index >= 15 is 0 Å². The van der Waals surface area contributed by atoms with Gasteiger partial charge in [-0.25, -0.2) is 0 Å². The fourth-order valence-electron chi connectivity index (χ4n) is 6.67. The standard InChI is InChI=1S/C37H27NO.C7H8N2.C7H8/c38-24-25-13-15-29(16-14-25)33-11-6-12-36-37(33)34-23-30(21-22-35(34)39-36)32-10-5-4-9-31(32)28-19-17-27(18-20-28)26-7-2-1-3-8-26;8-7(9)6-4-2-1-3-5-6;1-7-5-3-2-4-6-7/h1-23H,24,38H2;1-5H,(H3,8,9);2-6H,1H3. The number of nitrogens with two attached hydrogens (primary N) is 2. The lowest BCUT2D eigenvalue weighted by molar-refractivity contribution is 0.669. The highest BCUT2D eigenvalue weighted by molar-refractivity contribution is 6.13. The van der Waals surface area contributed by atoms with Crippen molar-refractivity contribution in [3.63, 3.8) is 0 Å². The molecular weight excluding hydrogens is 671 g/mol. The van der Waals surface area contributed by atoms with Crippen LogP contribution in [0.3, 0.4) is 0 Å². The van der Waals surface area contributed by atoms with Gasteiger partial charge in [-0.05, 0) is 75.2 Å². The molecule has 0 fully saturated rings. The van der Waals surface area contributed by atoms with Gasteiger partial charge in [-0.15, -0.1) is 0 Å². The van der Waals surface area contributed by atoms with Gasteiger partial charge in [-0.1, -0.05) is 188 Å². The van der Waals surface area contributed by atoms with Crippen LogP contribution in [-0.4, -0.2) is 5.84 Å². The number of fused-ring (bicyclic) bond motifs is 3. The molecule has 0 saturated carbocycles. The molecule has 0 atom stereocenters. The fourth-order valence-corrected chi connectivity index (χ4v) is 6.67. The molecule has 0 spiro atoms. The minimum Gasteiger partial charge on any atom is -0.456 e. The van der Waals surface area contributed by atoms with Crippen LogP contribution in [0.4, 0.5) is 0 Å². The maximum atomic E-state index is 7.01. The van der Waals surface area contributed by atoms with Crippen LogP contribution >= 0.6 is 0 Å². The second kappa shape index (κ2) is 17.2. The maximum Gasteiger partial charge on any atom is 0.136 e. The number of hydrogen-bond donors (Lipinski definition) is 3. The molecule has 4 nitrogen and oxygen atoms in total. The Hall–Kier alpha value is -7.01. The summed E-state index contributed by atoms with van der Waals surface area (Å²) in [6, 6.07) is 68.8. The Labute approximate surface area is 322 Å². The Balaban J connectivity index is 0.000000240. The fraction of sp³-hybridized carbons (Fsp3) is 0.0392. The summed E-state index contributed by atoms with van der Waals surface area (Å²) in [4.78, 5) is 0. The smallest absolute Gasteiger partial charge is 0.136 e. The van der Waals surface area contributed by atoms with E-state index in [2.05, 4.69) is 159 Å². The van der Waals surface area contributed by atoms with Gasteiger partial charge in [0.15, 0.2) is 0 Å². The molecule has 9 rings (SSSR count). The summed E-state index contributed by atoms with van der Waals surface area (Å²) in [7, 11) is 0. The second-order valence-corrected chi connectivity index (χ2v) is 13.3. The van der Waals surface area contributed by atoms with Crippen molar-refractivity contribution in [1.29, 1.82) is 5.41 Å². The molecule has 0 bridgehead atoms. The van der Waals surface area contributed by atoms with Crippen LogP contribution in [0, 0.1) is 12.3 Å². The van der Waals surface area contributed by atoms with Crippen molar-refractivity contribution in [3.8, 4) is 44.5 Å². The second-order valence-electron chi connectivity index (χ2n) is 13.3. The number of benzene rings is 8. The van der Waals surface area contributed by atoms with Gasteiger partial charge in [0.25, 0.3) is 0 Å². The molecule has 0 radical (unpaired) electrons. The molecule has 9 aromatic rings. The zero-order valence-corrected chi connectivity index (χ0v) is 30.8. The summed E-state index contributed by atoms with van der Waals surface area (Å²) < 4.78 is 6.30. The lowest BCUT2D eigenvalue weighted by atomic mass is 9.92. The van der Waals surface area contributed by atoms with Crippen LogP contribution in [0.5, 0.6) is 0 Å². The van der Waals surface area contributed by atoms with E-state index in [4.69, 9.17) is 21.3 Å². The summed E-state index contributed by atoms with van der Waals surface area (Å²) in [5.41, 5.74) is 25.6. The predicted molar refractivity (Wildman–Crippen MR) is 232 cm³/mol. The van der Waals surface area contributed by atoms with E-state index in [0.29, 0.717) is 6.54 Å². The van der Waals surface area contributed by atoms with Crippen LogP contribution < -0.4 is 11.5 Å². The Kier molecular flexibility index (Phi) is 11.4. The SMILES string of the molecule is Cc1ccccc1.N=C(N)c1ccccc1.NCc1ccc(-c2cccc3oc4ccc(-c5ccccc5-c5ccc(-c6ccccc6)cc5)cc4c23)cc1. The van der Waals surface area contributed by atoms with Gasteiger partial charge in [0, 0.05) is 22.9 Å². The van der Waals surface area contributed by atoms with Crippen molar-refractivity contribution >= 4 is 27.8 Å². The summed E-state index contributed by atoms with van der Waals surface area (Å²) >= 11 is 0. The number of furan rings is 1. The first-order valence-corrected chi connectivity index (χ1v) is 18.4. The van der Waals surface area contributed by atoms with Gasteiger partial charge in [-0.2, -0.15) is 0 Å². The summed E-state index contributed by atoms with van der Waals surface area (Å²) in [5, 5.41) is 9.27. The minimum atomic E-state index is 0.121. The van der Waals surface area contributed by atoms with Crippen LogP contribution in [-0.2, 0) is 6.54 Å². The molecule has 5 N–H and O–H groups in total. The Bertz CT molecular complexity index is 2630. The average molecular weight is 714 g/mol. The number of nitrogen functional groups attached to an aromatic ring is 1. The summed E-state index contributed by atoms with van der Waals surface area (Å²) in [6.07, 6.45) is 0. The average Bonchev–Trinajstić information content (AvgIpc) is 3.63. The number of amidine groups is 1. The molecule has 1 aromatic heterocycles. The molecule has 1 heterocycles. The van der Waals surface area contributed by atoms with Gasteiger partial charge in [0.1, 0.15) is 17.0 Å². The van der Waals surface area contributed by atoms with E-state index in [-0.39, 0.29) is 5.84 Å². The van der Waals surface area contributed by atoms with Crippen LogP contribution in [0.2, 0.25) is 0 Å².